The number of nitrogens with one attached hydrogen (secondary N) is 2. The van der Waals surface area contributed by atoms with E-state index < -0.39 is 0 Å². The van der Waals surface area contributed by atoms with Crippen molar-refractivity contribution in [2.75, 3.05) is 5.32 Å². The van der Waals surface area contributed by atoms with E-state index >= 15 is 0 Å². The highest BCUT2D eigenvalue weighted by Gasteiger charge is 2.05. The van der Waals surface area contributed by atoms with E-state index in [1.807, 2.05) is 42.6 Å². The highest BCUT2D eigenvalue weighted by Crippen LogP contribution is 2.28. The normalized spacial score (nSPS) is 10.7. The predicted molar refractivity (Wildman–Crippen MR) is 74.9 cm³/mol. The molecule has 4 heteroatoms. The van der Waals surface area contributed by atoms with Crippen LogP contribution in [0.5, 0.6) is 0 Å². The Morgan fingerprint density at radius 1 is 1.17 bits per heavy atom. The van der Waals surface area contributed by atoms with Crippen molar-refractivity contribution in [3.05, 3.63) is 59.5 Å². The zero-order valence-electron chi connectivity index (χ0n) is 9.65. The van der Waals surface area contributed by atoms with Crippen LogP contribution in [-0.2, 0) is 6.54 Å². The minimum atomic E-state index is 0.725. The fourth-order valence-electron chi connectivity index (χ4n) is 1.95. The Hall–Kier alpha value is -2.00. The molecule has 90 valence electrons. The van der Waals surface area contributed by atoms with E-state index in [4.69, 9.17) is 11.6 Å². The third-order valence-corrected chi connectivity index (χ3v) is 3.18. The van der Waals surface area contributed by atoms with Gasteiger partial charge in [-0.2, -0.15) is 0 Å². The number of aromatic amines is 1. The molecule has 2 aromatic heterocycles. The third-order valence-electron chi connectivity index (χ3n) is 2.85. The Balaban J connectivity index is 1.94. The number of rotatable bonds is 3. The first-order valence-corrected chi connectivity index (χ1v) is 6.12. The minimum absolute atomic E-state index is 0.725. The van der Waals surface area contributed by atoms with E-state index in [-0.39, 0.29) is 0 Å². The third kappa shape index (κ3) is 2.05. The summed E-state index contributed by atoms with van der Waals surface area (Å²) in [5, 5.41) is 5.06. The van der Waals surface area contributed by atoms with Crippen LogP contribution < -0.4 is 5.32 Å². The van der Waals surface area contributed by atoms with Gasteiger partial charge in [0, 0.05) is 23.5 Å². The number of hydrogen-bond acceptors (Lipinski definition) is 2. The first-order chi connectivity index (χ1) is 8.84. The Morgan fingerprint density at radius 2 is 2.11 bits per heavy atom. The van der Waals surface area contributed by atoms with Crippen molar-refractivity contribution in [1.82, 2.24) is 9.97 Å². The number of hydrogen-bond donors (Lipinski definition) is 2. The molecule has 0 aliphatic rings. The number of benzene rings is 1. The molecule has 0 unspecified atom stereocenters. The average Bonchev–Trinajstić information content (AvgIpc) is 2.92. The molecule has 0 saturated carbocycles. The second-order valence-electron chi connectivity index (χ2n) is 4.04. The average molecular weight is 258 g/mol. The fraction of sp³-hybridized carbons (Fsp3) is 0.0714. The predicted octanol–water partition coefficient (Wildman–Crippen LogP) is 3.83. The lowest BCUT2D eigenvalue weighted by atomic mass is 10.2. The Kier molecular flexibility index (Phi) is 2.90. The van der Waals surface area contributed by atoms with Crippen molar-refractivity contribution < 1.29 is 0 Å². The second-order valence-corrected chi connectivity index (χ2v) is 4.45. The van der Waals surface area contributed by atoms with Crippen LogP contribution in [0.1, 0.15) is 5.69 Å². The first-order valence-electron chi connectivity index (χ1n) is 5.74. The lowest BCUT2D eigenvalue weighted by Gasteiger charge is -2.09. The Labute approximate surface area is 110 Å². The van der Waals surface area contributed by atoms with Gasteiger partial charge in [-0.1, -0.05) is 11.6 Å². The van der Waals surface area contributed by atoms with Gasteiger partial charge < -0.3 is 10.3 Å². The molecule has 3 nitrogen and oxygen atoms in total. The highest BCUT2D eigenvalue weighted by atomic mass is 35.5. The standard InChI is InChI=1S/C14H12ClN3/c15-12-5-6-13(14-11(12)4-2-8-17-14)18-9-10-3-1-7-16-10/h1-8,16,18H,9H2. The smallest absolute Gasteiger partial charge is 0.0948 e. The Morgan fingerprint density at radius 3 is 2.94 bits per heavy atom. The van der Waals surface area contributed by atoms with E-state index in [9.17, 15) is 0 Å². The summed E-state index contributed by atoms with van der Waals surface area (Å²) in [5.41, 5.74) is 3.02. The lowest BCUT2D eigenvalue weighted by molar-refractivity contribution is 1.08. The number of halogens is 1. The van der Waals surface area contributed by atoms with Crippen LogP contribution in [0.15, 0.2) is 48.8 Å². The van der Waals surface area contributed by atoms with Crippen molar-refractivity contribution in [3.63, 3.8) is 0 Å². The molecule has 1 aromatic carbocycles. The maximum atomic E-state index is 6.15. The van der Waals surface area contributed by atoms with Gasteiger partial charge in [-0.25, -0.2) is 0 Å². The largest absolute Gasteiger partial charge is 0.378 e. The zero-order valence-corrected chi connectivity index (χ0v) is 10.4. The van der Waals surface area contributed by atoms with Crippen molar-refractivity contribution in [2.24, 2.45) is 0 Å². The van der Waals surface area contributed by atoms with Crippen LogP contribution in [-0.4, -0.2) is 9.97 Å². The molecule has 2 heterocycles. The van der Waals surface area contributed by atoms with Gasteiger partial charge in [0.05, 0.1) is 22.8 Å². The van der Waals surface area contributed by atoms with Gasteiger partial charge in [0.1, 0.15) is 0 Å². The van der Waals surface area contributed by atoms with Crippen molar-refractivity contribution in [1.29, 1.82) is 0 Å². The maximum Gasteiger partial charge on any atom is 0.0948 e. The molecule has 0 radical (unpaired) electrons. The summed E-state index contributed by atoms with van der Waals surface area (Å²) < 4.78 is 0. The van der Waals surface area contributed by atoms with Crippen LogP contribution in [0, 0.1) is 0 Å². The van der Waals surface area contributed by atoms with Crippen molar-refractivity contribution in [2.45, 2.75) is 6.54 Å². The van der Waals surface area contributed by atoms with E-state index in [2.05, 4.69) is 15.3 Å². The van der Waals surface area contributed by atoms with Crippen molar-refractivity contribution in [3.8, 4) is 0 Å². The Bertz CT molecular complexity index is 662. The van der Waals surface area contributed by atoms with Gasteiger partial charge in [-0.3, -0.25) is 4.98 Å². The molecule has 18 heavy (non-hydrogen) atoms. The quantitative estimate of drug-likeness (QED) is 0.749. The number of pyridine rings is 1. The molecule has 0 fully saturated rings. The van der Waals surface area contributed by atoms with Crippen molar-refractivity contribution >= 4 is 28.2 Å². The van der Waals surface area contributed by atoms with Gasteiger partial charge in [0.2, 0.25) is 0 Å². The number of fused-ring (bicyclic) bond motifs is 1. The molecule has 0 aliphatic carbocycles. The number of nitrogens with zero attached hydrogens (tertiary/aromatic N) is 1. The molecule has 2 N–H and O–H groups in total. The van der Waals surface area contributed by atoms with E-state index in [0.717, 1.165) is 33.9 Å². The molecule has 0 atom stereocenters. The second kappa shape index (κ2) is 4.70. The van der Waals surface area contributed by atoms with Gasteiger partial charge in [0.25, 0.3) is 0 Å². The molecular weight excluding hydrogens is 246 g/mol. The van der Waals surface area contributed by atoms with Gasteiger partial charge in [-0.15, -0.1) is 0 Å². The van der Waals surface area contributed by atoms with Crippen LogP contribution in [0.25, 0.3) is 10.9 Å². The van der Waals surface area contributed by atoms with E-state index in [1.165, 1.54) is 0 Å². The number of anilines is 1. The summed E-state index contributed by atoms with van der Waals surface area (Å²) in [6.07, 6.45) is 3.69. The topological polar surface area (TPSA) is 40.7 Å². The molecule has 0 amide bonds. The van der Waals surface area contributed by atoms with Gasteiger partial charge in [0.15, 0.2) is 0 Å². The highest BCUT2D eigenvalue weighted by molar-refractivity contribution is 6.35. The summed E-state index contributed by atoms with van der Waals surface area (Å²) in [7, 11) is 0. The summed E-state index contributed by atoms with van der Waals surface area (Å²) >= 11 is 6.15. The van der Waals surface area contributed by atoms with E-state index in [1.54, 1.807) is 6.20 Å². The summed E-state index contributed by atoms with van der Waals surface area (Å²) in [5.74, 6) is 0. The summed E-state index contributed by atoms with van der Waals surface area (Å²) in [6, 6.07) is 11.7. The van der Waals surface area contributed by atoms with Crippen LogP contribution >= 0.6 is 11.6 Å². The molecule has 3 rings (SSSR count). The van der Waals surface area contributed by atoms with Gasteiger partial charge >= 0.3 is 0 Å². The zero-order chi connectivity index (χ0) is 12.4. The molecule has 0 spiro atoms. The number of aromatic nitrogens is 2. The molecule has 3 aromatic rings. The monoisotopic (exact) mass is 257 g/mol. The first kappa shape index (κ1) is 11.1. The molecular formula is C14H12ClN3. The number of H-pyrrole nitrogens is 1. The summed E-state index contributed by atoms with van der Waals surface area (Å²) in [6.45, 7) is 0.736. The van der Waals surface area contributed by atoms with Crippen LogP contribution in [0.2, 0.25) is 5.02 Å². The summed E-state index contributed by atoms with van der Waals surface area (Å²) in [4.78, 5) is 7.54. The maximum absolute atomic E-state index is 6.15. The SMILES string of the molecule is Clc1ccc(NCc2ccc[nH]2)c2ncccc12. The van der Waals surface area contributed by atoms with E-state index in [0.29, 0.717) is 0 Å². The molecule has 0 bridgehead atoms. The minimum Gasteiger partial charge on any atom is -0.378 e. The van der Waals surface area contributed by atoms with Gasteiger partial charge in [-0.05, 0) is 36.4 Å². The van der Waals surface area contributed by atoms with Crippen LogP contribution in [0.3, 0.4) is 0 Å². The fourth-order valence-corrected chi connectivity index (χ4v) is 2.16. The van der Waals surface area contributed by atoms with Crippen LogP contribution in [0.4, 0.5) is 5.69 Å². The molecule has 0 aliphatic heterocycles. The lowest BCUT2D eigenvalue weighted by Crippen LogP contribution is -2.00. The molecule has 0 saturated heterocycles.